The topological polar surface area (TPSA) is 124 Å². The van der Waals surface area contributed by atoms with E-state index in [9.17, 15) is 14.0 Å². The largest absolute Gasteiger partial charge is 0.462 e. The number of aryl methyl sites for hydroxylation is 1. The van der Waals surface area contributed by atoms with E-state index in [2.05, 4.69) is 103 Å². The first-order chi connectivity index (χ1) is 37.2. The van der Waals surface area contributed by atoms with Gasteiger partial charge in [0.05, 0.1) is 11.4 Å². The average Bonchev–Trinajstić information content (AvgIpc) is 4.06. The number of likely N-dealkylation sites (tertiary alicyclic amines) is 2. The number of ether oxygens (including phenoxy) is 2. The second-order valence-corrected chi connectivity index (χ2v) is 24.6. The number of hydrogen-bond acceptors (Lipinski definition) is 12. The van der Waals surface area contributed by atoms with Gasteiger partial charge in [-0.3, -0.25) is 14.5 Å². The van der Waals surface area contributed by atoms with Crippen molar-refractivity contribution < 1.29 is 23.5 Å². The summed E-state index contributed by atoms with van der Waals surface area (Å²) in [4.78, 5) is 59.3. The summed E-state index contributed by atoms with van der Waals surface area (Å²) in [7, 11) is 4.41. The molecule has 6 heterocycles. The van der Waals surface area contributed by atoms with Gasteiger partial charge in [0.25, 0.3) is 5.91 Å². The van der Waals surface area contributed by atoms with E-state index in [0.717, 1.165) is 126 Å². The van der Waals surface area contributed by atoms with Gasteiger partial charge in [0.2, 0.25) is 5.91 Å². The van der Waals surface area contributed by atoms with E-state index in [0.29, 0.717) is 76.5 Å². The molecule has 7 atom stereocenters. The molecule has 4 aliphatic heterocycles. The highest BCUT2D eigenvalue weighted by atomic mass is 19.1. The van der Waals surface area contributed by atoms with E-state index >= 15 is 0 Å². The number of benzene rings is 2. The van der Waals surface area contributed by atoms with Crippen LogP contribution in [0, 0.1) is 10.8 Å². The Balaban J connectivity index is 0.756. The van der Waals surface area contributed by atoms with Crippen LogP contribution in [0.3, 0.4) is 0 Å². The third-order valence-corrected chi connectivity index (χ3v) is 19.8. The van der Waals surface area contributed by atoms with Gasteiger partial charge in [0.15, 0.2) is 5.83 Å². The van der Waals surface area contributed by atoms with E-state index in [1.54, 1.807) is 4.90 Å². The molecule has 4 fully saturated rings. The van der Waals surface area contributed by atoms with Crippen molar-refractivity contribution in [3.05, 3.63) is 118 Å². The summed E-state index contributed by atoms with van der Waals surface area (Å²) in [6.07, 6.45) is 17.0. The van der Waals surface area contributed by atoms with Gasteiger partial charge in [-0.25, -0.2) is 4.39 Å². The van der Waals surface area contributed by atoms with Gasteiger partial charge in [0, 0.05) is 81.1 Å². The minimum Gasteiger partial charge on any atom is -0.462 e. The van der Waals surface area contributed by atoms with Crippen molar-refractivity contribution in [2.75, 3.05) is 89.5 Å². The highest BCUT2D eigenvalue weighted by Gasteiger charge is 2.44. The smallest absolute Gasteiger partial charge is 0.318 e. The van der Waals surface area contributed by atoms with Crippen molar-refractivity contribution in [3.63, 3.8) is 0 Å². The predicted octanol–water partition coefficient (Wildman–Crippen LogP) is 7.68. The number of nitrogens with zero attached hydrogens (tertiary/aromatic N) is 10. The normalized spacial score (nSPS) is 28.2. The Morgan fingerprint density at radius 2 is 1.23 bits per heavy atom. The molecular formula is C62H79FN10O4. The number of likely N-dealkylation sites (N-methyl/N-ethyl adjacent to an activating group) is 2. The lowest BCUT2D eigenvalue weighted by Gasteiger charge is -2.45. The zero-order chi connectivity index (χ0) is 53.2. The van der Waals surface area contributed by atoms with Crippen molar-refractivity contribution in [2.24, 2.45) is 10.8 Å². The minimum absolute atomic E-state index is 0.0176. The molecule has 0 N–H and O–H groups in total. The third kappa shape index (κ3) is 10.1. The highest BCUT2D eigenvalue weighted by molar-refractivity contribution is 5.90. The van der Waals surface area contributed by atoms with Crippen molar-refractivity contribution in [2.45, 2.75) is 140 Å². The van der Waals surface area contributed by atoms with E-state index in [4.69, 9.17) is 29.4 Å². The molecule has 0 bridgehead atoms. The van der Waals surface area contributed by atoms with Gasteiger partial charge in [-0.1, -0.05) is 55.6 Å². The minimum atomic E-state index is -0.916. The Hall–Kier alpha value is -5.93. The Labute approximate surface area is 455 Å². The Morgan fingerprint density at radius 1 is 0.662 bits per heavy atom. The van der Waals surface area contributed by atoms with Crippen LogP contribution >= 0.6 is 0 Å². The summed E-state index contributed by atoms with van der Waals surface area (Å²) in [6, 6.07) is 17.5. The molecule has 0 radical (unpaired) electrons. The number of rotatable bonds is 11. The molecule has 2 spiro atoms. The quantitative estimate of drug-likeness (QED) is 0.137. The van der Waals surface area contributed by atoms with Crippen molar-refractivity contribution in [1.82, 2.24) is 39.5 Å². The Kier molecular flexibility index (Phi) is 14.2. The predicted molar refractivity (Wildman–Crippen MR) is 298 cm³/mol. The van der Waals surface area contributed by atoms with Crippen LogP contribution in [-0.2, 0) is 61.0 Å². The second kappa shape index (κ2) is 21.0. The molecule has 0 saturated carbocycles. The van der Waals surface area contributed by atoms with Crippen LogP contribution in [0.2, 0.25) is 0 Å². The zero-order valence-corrected chi connectivity index (χ0v) is 46.1. The van der Waals surface area contributed by atoms with Gasteiger partial charge >= 0.3 is 12.0 Å². The van der Waals surface area contributed by atoms with Crippen LogP contribution in [0.25, 0.3) is 0 Å². The van der Waals surface area contributed by atoms with Crippen LogP contribution < -0.4 is 19.3 Å². The van der Waals surface area contributed by atoms with Gasteiger partial charge in [-0.2, -0.15) is 19.9 Å². The lowest BCUT2D eigenvalue weighted by atomic mass is 9.62. The van der Waals surface area contributed by atoms with Crippen molar-refractivity contribution in [3.8, 4) is 12.0 Å². The molecule has 8 aliphatic rings. The van der Waals surface area contributed by atoms with Crippen LogP contribution in [-0.4, -0.2) is 155 Å². The van der Waals surface area contributed by atoms with Gasteiger partial charge in [0.1, 0.15) is 24.8 Å². The fourth-order valence-corrected chi connectivity index (χ4v) is 15.3. The maximum absolute atomic E-state index is 14.0. The Morgan fingerprint density at radius 3 is 1.84 bits per heavy atom. The lowest BCUT2D eigenvalue weighted by Crippen LogP contribution is -2.54. The first kappa shape index (κ1) is 51.8. The number of amides is 2. The molecule has 4 saturated heterocycles. The summed E-state index contributed by atoms with van der Waals surface area (Å²) in [5.41, 5.74) is 12.3. The van der Waals surface area contributed by atoms with E-state index in [1.807, 2.05) is 4.90 Å². The molecule has 2 aromatic carbocycles. The molecule has 14 nitrogen and oxygen atoms in total. The number of carbonyl (C=O) groups excluding carboxylic acids is 2. The molecule has 77 heavy (non-hydrogen) atoms. The average molecular weight is 1050 g/mol. The van der Waals surface area contributed by atoms with Crippen LogP contribution in [0.15, 0.2) is 67.5 Å². The third-order valence-electron chi connectivity index (χ3n) is 19.8. The number of halogens is 1. The van der Waals surface area contributed by atoms with Crippen molar-refractivity contribution >= 4 is 23.5 Å². The van der Waals surface area contributed by atoms with E-state index < -0.39 is 11.7 Å². The SMILES string of the molecule is C=CC(=O)N1CCN(c2nc(OC[C@@H]3CCCN3C)nc3c2CC[C@@]2(CCc4c(cccc4C4C[C@@H](COc5nc6c(c(N7CCN(C(=O)C(=C)F)C[C@@H]7C)n5)CC[C@@]5(CCc7ccccc7C5)C6)N(C)C4)C2)C3)[C@@H](C)C1. The van der Waals surface area contributed by atoms with E-state index in [1.165, 1.54) is 51.4 Å². The number of aromatic nitrogens is 4. The Bertz CT molecular complexity index is 2950. The van der Waals surface area contributed by atoms with Gasteiger partial charge in [-0.05, 0) is 181 Å². The molecule has 4 aromatic rings. The second-order valence-electron chi connectivity index (χ2n) is 24.6. The number of piperazine rings is 2. The maximum Gasteiger partial charge on any atom is 0.318 e. The number of fused-ring (bicyclic) bond motifs is 4. The number of carbonyl (C=O) groups is 2. The summed E-state index contributed by atoms with van der Waals surface area (Å²) in [5.74, 6) is 0.716. The standard InChI is InChI=1S/C62H79FN10O4/c1-7-55(74)70-26-28-72(40(2)35-70)56-52-20-24-62(34-54(52)64-59(66-56)76-38-47-15-11-25-68(47)5)22-18-50-45(32-62)14-10-16-49(50)46-30-48(69(6)37-46)39-77-60-65-53-33-61(21-17-43-12-8-9-13-44(43)31-61)23-19-51(53)57(67-60)73-29-27-71(36-41(73)3)58(75)42(4)63/h7-10,12-14,16,40-41,46-48H,1,4,11,15,17-39H2,2-3,5-6H3/t40-,41-,46?,47-,48-,61+,62+/m0/s1. The summed E-state index contributed by atoms with van der Waals surface area (Å²) in [5, 5.41) is 0. The lowest BCUT2D eigenvalue weighted by molar-refractivity contribution is -0.129. The van der Waals surface area contributed by atoms with Crippen LogP contribution in [0.1, 0.15) is 115 Å². The van der Waals surface area contributed by atoms with Crippen LogP contribution in [0.5, 0.6) is 12.0 Å². The highest BCUT2D eigenvalue weighted by Crippen LogP contribution is 2.50. The number of hydrogen-bond donors (Lipinski definition) is 0. The summed E-state index contributed by atoms with van der Waals surface area (Å²) >= 11 is 0. The van der Waals surface area contributed by atoms with Crippen LogP contribution in [0.4, 0.5) is 16.0 Å². The van der Waals surface area contributed by atoms with E-state index in [-0.39, 0.29) is 34.9 Å². The molecular weight excluding hydrogens is 968 g/mol. The summed E-state index contributed by atoms with van der Waals surface area (Å²) in [6.45, 7) is 17.8. The molecule has 15 heteroatoms. The molecule has 1 unspecified atom stereocenters. The number of anilines is 2. The molecule has 12 rings (SSSR count). The molecule has 408 valence electrons. The fourth-order valence-electron chi connectivity index (χ4n) is 15.3. The molecule has 2 aromatic heterocycles. The summed E-state index contributed by atoms with van der Waals surface area (Å²) < 4.78 is 27.3. The van der Waals surface area contributed by atoms with Crippen molar-refractivity contribution in [1.29, 1.82) is 0 Å². The first-order valence-electron chi connectivity index (χ1n) is 29.0. The molecule has 2 amide bonds. The van der Waals surface area contributed by atoms with Gasteiger partial charge in [-0.15, -0.1) is 0 Å². The van der Waals surface area contributed by atoms with Gasteiger partial charge < -0.3 is 34.0 Å². The fraction of sp³-hybridized carbons (Fsp3) is 0.581. The maximum atomic E-state index is 14.0. The molecule has 4 aliphatic carbocycles. The first-order valence-corrected chi connectivity index (χ1v) is 29.0. The zero-order valence-electron chi connectivity index (χ0n) is 46.1. The monoisotopic (exact) mass is 1050 g/mol.